The van der Waals surface area contributed by atoms with E-state index >= 15 is 0 Å². The van der Waals surface area contributed by atoms with Crippen LogP contribution in [0, 0.1) is 0 Å². The van der Waals surface area contributed by atoms with E-state index in [1.54, 1.807) is 62.6 Å². The smallest absolute Gasteiger partial charge is 0.277 e. The Kier molecular flexibility index (Phi) is 7.16. The molecule has 1 saturated heterocycles. The molecular formula is C23H25N3O5S2. The van der Waals surface area contributed by atoms with Crippen molar-refractivity contribution in [2.24, 2.45) is 0 Å². The molecule has 33 heavy (non-hydrogen) atoms. The van der Waals surface area contributed by atoms with Crippen molar-refractivity contribution in [3.05, 3.63) is 54.1 Å². The number of methoxy groups -OCH3 is 1. The van der Waals surface area contributed by atoms with Crippen LogP contribution in [0.15, 0.2) is 63.1 Å². The summed E-state index contributed by atoms with van der Waals surface area (Å²) in [5, 5.41) is 7.88. The van der Waals surface area contributed by atoms with Gasteiger partial charge in [0.1, 0.15) is 5.75 Å². The summed E-state index contributed by atoms with van der Waals surface area (Å²) in [6.45, 7) is 2.84. The summed E-state index contributed by atoms with van der Waals surface area (Å²) < 4.78 is 38.3. The highest BCUT2D eigenvalue weighted by Gasteiger charge is 2.27. The first-order valence-corrected chi connectivity index (χ1v) is 13.0. The highest BCUT2D eigenvalue weighted by Crippen LogP contribution is 2.30. The molecule has 0 saturated carbocycles. The van der Waals surface area contributed by atoms with Crippen molar-refractivity contribution in [1.82, 2.24) is 14.5 Å². The Morgan fingerprint density at radius 1 is 1.09 bits per heavy atom. The van der Waals surface area contributed by atoms with Crippen molar-refractivity contribution < 1.29 is 22.4 Å². The van der Waals surface area contributed by atoms with Crippen LogP contribution in [0.25, 0.3) is 11.5 Å². The van der Waals surface area contributed by atoms with Gasteiger partial charge in [-0.2, -0.15) is 4.31 Å². The second-order valence-corrected chi connectivity index (χ2v) is 10.9. The molecular weight excluding hydrogens is 462 g/mol. The molecule has 0 bridgehead atoms. The number of nitrogens with zero attached hydrogens (tertiary/aromatic N) is 3. The van der Waals surface area contributed by atoms with Crippen molar-refractivity contribution in [2.75, 3.05) is 20.2 Å². The van der Waals surface area contributed by atoms with Gasteiger partial charge in [-0.05, 0) is 62.2 Å². The Hall–Kier alpha value is -2.69. The standard InChI is InChI=1S/C23H25N3O5S2/c1-16(21(27)17-9-11-19(30-2)12-10-17)32-23-25-24-22(31-23)18-7-6-8-20(15-18)33(28,29)26-13-4-3-5-14-26/h6-12,15-16H,3-5,13-14H2,1-2H3. The van der Waals surface area contributed by atoms with E-state index in [1.807, 2.05) is 0 Å². The molecule has 4 rings (SSSR count). The van der Waals surface area contributed by atoms with E-state index in [0.717, 1.165) is 31.0 Å². The minimum Gasteiger partial charge on any atom is -0.497 e. The molecule has 1 aliphatic heterocycles. The molecule has 2 heterocycles. The summed E-state index contributed by atoms with van der Waals surface area (Å²) >= 11 is 1.16. The molecule has 0 radical (unpaired) electrons. The largest absolute Gasteiger partial charge is 0.497 e. The number of thioether (sulfide) groups is 1. The molecule has 8 nitrogen and oxygen atoms in total. The first-order chi connectivity index (χ1) is 15.9. The molecule has 10 heteroatoms. The average molecular weight is 488 g/mol. The Morgan fingerprint density at radius 2 is 1.82 bits per heavy atom. The number of carbonyl (C=O) groups is 1. The van der Waals surface area contributed by atoms with Crippen LogP contribution in [0.1, 0.15) is 36.5 Å². The topological polar surface area (TPSA) is 103 Å². The molecule has 1 fully saturated rings. The summed E-state index contributed by atoms with van der Waals surface area (Å²) in [5.74, 6) is 0.812. The van der Waals surface area contributed by atoms with Crippen LogP contribution >= 0.6 is 11.8 Å². The third-order valence-corrected chi connectivity index (χ3v) is 8.29. The molecule has 174 valence electrons. The molecule has 1 atom stereocenters. The van der Waals surface area contributed by atoms with E-state index in [4.69, 9.17) is 9.15 Å². The SMILES string of the molecule is COc1ccc(C(=O)C(C)Sc2nnc(-c3cccc(S(=O)(=O)N4CCCCC4)c3)o2)cc1. The van der Waals surface area contributed by atoms with Crippen molar-refractivity contribution in [3.63, 3.8) is 0 Å². The zero-order valence-electron chi connectivity index (χ0n) is 18.4. The van der Waals surface area contributed by atoms with Crippen molar-refractivity contribution >= 4 is 27.6 Å². The molecule has 1 unspecified atom stereocenters. The van der Waals surface area contributed by atoms with E-state index < -0.39 is 15.3 Å². The monoisotopic (exact) mass is 487 g/mol. The second-order valence-electron chi connectivity index (χ2n) is 7.72. The maximum Gasteiger partial charge on any atom is 0.277 e. The predicted molar refractivity (Wildman–Crippen MR) is 125 cm³/mol. The predicted octanol–water partition coefficient (Wildman–Crippen LogP) is 4.28. The zero-order chi connectivity index (χ0) is 23.4. The van der Waals surface area contributed by atoms with Crippen LogP contribution < -0.4 is 4.74 Å². The quantitative estimate of drug-likeness (QED) is 0.343. The van der Waals surface area contributed by atoms with E-state index in [-0.39, 0.29) is 21.8 Å². The number of piperidine rings is 1. The van der Waals surface area contributed by atoms with Gasteiger partial charge < -0.3 is 9.15 Å². The van der Waals surface area contributed by atoms with Gasteiger partial charge in [0.05, 0.1) is 17.3 Å². The Bertz CT molecular complexity index is 1220. The number of sulfonamides is 1. The minimum atomic E-state index is -3.57. The first-order valence-electron chi connectivity index (χ1n) is 10.7. The van der Waals surface area contributed by atoms with Gasteiger partial charge in [0.25, 0.3) is 5.22 Å². The van der Waals surface area contributed by atoms with Gasteiger partial charge in [-0.15, -0.1) is 10.2 Å². The van der Waals surface area contributed by atoms with Crippen LogP contribution in [0.3, 0.4) is 0 Å². The molecule has 1 aliphatic rings. The highest BCUT2D eigenvalue weighted by molar-refractivity contribution is 8.00. The normalized spacial score (nSPS) is 15.8. The second kappa shape index (κ2) is 10.1. The lowest BCUT2D eigenvalue weighted by Crippen LogP contribution is -2.35. The van der Waals surface area contributed by atoms with E-state index in [0.29, 0.717) is 30.0 Å². The summed E-state index contributed by atoms with van der Waals surface area (Å²) in [7, 11) is -2.00. The Balaban J connectivity index is 1.48. The number of Topliss-reactive ketones (excluding diaryl/α,β-unsaturated/α-hetero) is 1. The molecule has 0 N–H and O–H groups in total. The number of rotatable bonds is 8. The molecule has 0 spiro atoms. The molecule has 0 amide bonds. The number of carbonyl (C=O) groups excluding carboxylic acids is 1. The summed E-state index contributed by atoms with van der Waals surface area (Å²) in [4.78, 5) is 12.9. The third-order valence-electron chi connectivity index (χ3n) is 5.46. The minimum absolute atomic E-state index is 0.0722. The summed E-state index contributed by atoms with van der Waals surface area (Å²) in [6.07, 6.45) is 2.79. The fraction of sp³-hybridized carbons (Fsp3) is 0.348. The van der Waals surface area contributed by atoms with E-state index in [2.05, 4.69) is 10.2 Å². The number of hydrogen-bond donors (Lipinski definition) is 0. The number of hydrogen-bond acceptors (Lipinski definition) is 8. The van der Waals surface area contributed by atoms with Crippen LogP contribution in [-0.4, -0.2) is 54.2 Å². The fourth-order valence-electron chi connectivity index (χ4n) is 3.61. The summed E-state index contributed by atoms with van der Waals surface area (Å²) in [6, 6.07) is 13.4. The van der Waals surface area contributed by atoms with Gasteiger partial charge in [-0.25, -0.2) is 8.42 Å². The van der Waals surface area contributed by atoms with Gasteiger partial charge >= 0.3 is 0 Å². The van der Waals surface area contributed by atoms with Crippen LogP contribution in [-0.2, 0) is 10.0 Å². The lowest BCUT2D eigenvalue weighted by Gasteiger charge is -2.25. The van der Waals surface area contributed by atoms with Gasteiger partial charge in [-0.3, -0.25) is 4.79 Å². The van der Waals surface area contributed by atoms with Crippen LogP contribution in [0.5, 0.6) is 5.75 Å². The Labute approximate surface area is 197 Å². The summed E-state index contributed by atoms with van der Waals surface area (Å²) in [5.41, 5.74) is 1.08. The van der Waals surface area contributed by atoms with E-state index in [9.17, 15) is 13.2 Å². The van der Waals surface area contributed by atoms with Crippen molar-refractivity contribution in [3.8, 4) is 17.2 Å². The molecule has 3 aromatic rings. The highest BCUT2D eigenvalue weighted by atomic mass is 32.2. The zero-order valence-corrected chi connectivity index (χ0v) is 20.1. The number of ketones is 1. The van der Waals surface area contributed by atoms with Crippen LogP contribution in [0.4, 0.5) is 0 Å². The fourth-order valence-corrected chi connectivity index (χ4v) is 5.94. The molecule has 1 aromatic heterocycles. The van der Waals surface area contributed by atoms with Gasteiger partial charge in [0.15, 0.2) is 5.78 Å². The maximum absolute atomic E-state index is 13.0. The third kappa shape index (κ3) is 5.29. The number of aromatic nitrogens is 2. The van der Waals surface area contributed by atoms with Gasteiger partial charge in [-0.1, -0.05) is 24.2 Å². The van der Waals surface area contributed by atoms with E-state index in [1.165, 1.54) is 4.31 Å². The average Bonchev–Trinajstić information content (AvgIpc) is 3.32. The van der Waals surface area contributed by atoms with Crippen molar-refractivity contribution in [2.45, 2.75) is 41.6 Å². The van der Waals surface area contributed by atoms with Crippen LogP contribution in [0.2, 0.25) is 0 Å². The van der Waals surface area contributed by atoms with Crippen molar-refractivity contribution in [1.29, 1.82) is 0 Å². The lowest BCUT2D eigenvalue weighted by molar-refractivity contribution is 0.0993. The Morgan fingerprint density at radius 3 is 2.52 bits per heavy atom. The van der Waals surface area contributed by atoms with Gasteiger partial charge in [0.2, 0.25) is 15.9 Å². The number of ether oxygens (including phenoxy) is 1. The maximum atomic E-state index is 13.0. The molecule has 0 aliphatic carbocycles. The van der Waals surface area contributed by atoms with Gasteiger partial charge in [0, 0.05) is 24.2 Å². The first kappa shape index (κ1) is 23.5. The number of benzene rings is 2. The molecule has 2 aromatic carbocycles. The lowest BCUT2D eigenvalue weighted by atomic mass is 10.1.